The Morgan fingerprint density at radius 2 is 2.38 bits per heavy atom. The van der Waals surface area contributed by atoms with Gasteiger partial charge in [-0.25, -0.2) is 4.79 Å². The van der Waals surface area contributed by atoms with E-state index >= 15 is 0 Å². The summed E-state index contributed by atoms with van der Waals surface area (Å²) in [6, 6.07) is 3.49. The van der Waals surface area contributed by atoms with Crippen LogP contribution in [0.5, 0.6) is 0 Å². The van der Waals surface area contributed by atoms with E-state index in [1.165, 1.54) is 13.3 Å². The number of methoxy groups -OCH3 is 1. The Bertz CT molecular complexity index is 340. The van der Waals surface area contributed by atoms with E-state index in [1.807, 2.05) is 6.92 Å². The lowest BCUT2D eigenvalue weighted by atomic mass is 10.2. The minimum absolute atomic E-state index is 0.158. The molecule has 4 nitrogen and oxygen atoms in total. The Morgan fingerprint density at radius 3 is 2.88 bits per heavy atom. The van der Waals surface area contributed by atoms with Gasteiger partial charge in [0.25, 0.3) is 0 Å². The van der Waals surface area contributed by atoms with Crippen LogP contribution < -0.4 is 0 Å². The van der Waals surface area contributed by atoms with Gasteiger partial charge in [-0.3, -0.25) is 4.98 Å². The molecule has 1 aromatic rings. The summed E-state index contributed by atoms with van der Waals surface area (Å²) in [7, 11) is 1.34. The van der Waals surface area contributed by atoms with E-state index in [2.05, 4.69) is 9.72 Å². The fourth-order valence-corrected chi connectivity index (χ4v) is 1.76. The number of aliphatic hydroxyl groups excluding tert-OH is 1. The van der Waals surface area contributed by atoms with Gasteiger partial charge in [0, 0.05) is 17.2 Å². The number of ether oxygens (including phenoxy) is 1. The molecule has 0 bridgehead atoms. The number of carbonyl (C=O) groups is 1. The van der Waals surface area contributed by atoms with Gasteiger partial charge in [0.2, 0.25) is 0 Å². The minimum atomic E-state index is -0.379. The molecule has 1 rings (SSSR count). The maximum Gasteiger partial charge on any atom is 0.339 e. The monoisotopic (exact) mass is 241 g/mol. The molecule has 0 aliphatic rings. The van der Waals surface area contributed by atoms with Crippen LogP contribution in [0, 0.1) is 0 Å². The molecule has 0 spiro atoms. The highest BCUT2D eigenvalue weighted by atomic mass is 32.2. The second kappa shape index (κ2) is 6.50. The molecule has 0 saturated heterocycles. The van der Waals surface area contributed by atoms with Crippen LogP contribution in [0.25, 0.3) is 0 Å². The van der Waals surface area contributed by atoms with Crippen molar-refractivity contribution in [2.75, 3.05) is 13.7 Å². The number of hydrogen-bond acceptors (Lipinski definition) is 5. The second-order valence-electron chi connectivity index (χ2n) is 3.33. The van der Waals surface area contributed by atoms with Crippen LogP contribution in [-0.2, 0) is 10.5 Å². The third kappa shape index (κ3) is 3.83. The highest BCUT2D eigenvalue weighted by Crippen LogP contribution is 2.15. The summed E-state index contributed by atoms with van der Waals surface area (Å²) < 4.78 is 4.57. The van der Waals surface area contributed by atoms with E-state index in [4.69, 9.17) is 5.11 Å². The van der Waals surface area contributed by atoms with Crippen LogP contribution in [0.1, 0.15) is 23.0 Å². The molecular formula is C11H15NO3S. The van der Waals surface area contributed by atoms with Crippen molar-refractivity contribution in [1.82, 2.24) is 4.98 Å². The van der Waals surface area contributed by atoms with E-state index < -0.39 is 0 Å². The van der Waals surface area contributed by atoms with Crippen LogP contribution in [-0.4, -0.2) is 35.0 Å². The third-order valence-electron chi connectivity index (χ3n) is 2.02. The van der Waals surface area contributed by atoms with Gasteiger partial charge in [0.05, 0.1) is 25.0 Å². The first-order valence-electron chi connectivity index (χ1n) is 4.93. The van der Waals surface area contributed by atoms with Crippen molar-refractivity contribution in [2.24, 2.45) is 0 Å². The smallest absolute Gasteiger partial charge is 0.339 e. The van der Waals surface area contributed by atoms with Crippen molar-refractivity contribution in [1.29, 1.82) is 0 Å². The molecule has 16 heavy (non-hydrogen) atoms. The maximum absolute atomic E-state index is 11.1. The lowest BCUT2D eigenvalue weighted by Crippen LogP contribution is -2.04. The van der Waals surface area contributed by atoms with E-state index in [0.29, 0.717) is 5.56 Å². The molecule has 88 valence electrons. The van der Waals surface area contributed by atoms with Crippen molar-refractivity contribution in [3.8, 4) is 0 Å². The highest BCUT2D eigenvalue weighted by molar-refractivity contribution is 7.99. The lowest BCUT2D eigenvalue weighted by Gasteiger charge is -2.06. The SMILES string of the molecule is COC(=O)c1ccc(CSC(C)CO)nc1. The maximum atomic E-state index is 11.1. The predicted octanol–water partition coefficient (Wildman–Crippen LogP) is 1.48. The summed E-state index contributed by atoms with van der Waals surface area (Å²) >= 11 is 1.62. The largest absolute Gasteiger partial charge is 0.465 e. The van der Waals surface area contributed by atoms with Gasteiger partial charge >= 0.3 is 5.97 Å². The van der Waals surface area contributed by atoms with Crippen molar-refractivity contribution >= 4 is 17.7 Å². The molecule has 1 heterocycles. The first-order valence-corrected chi connectivity index (χ1v) is 5.98. The zero-order valence-corrected chi connectivity index (χ0v) is 10.2. The lowest BCUT2D eigenvalue weighted by molar-refractivity contribution is 0.0600. The van der Waals surface area contributed by atoms with Gasteiger partial charge in [0.15, 0.2) is 0 Å². The highest BCUT2D eigenvalue weighted by Gasteiger charge is 2.06. The molecule has 1 unspecified atom stereocenters. The Hall–Kier alpha value is -1.07. The number of nitrogens with zero attached hydrogens (tertiary/aromatic N) is 1. The average Bonchev–Trinajstić information content (AvgIpc) is 2.35. The Kier molecular flexibility index (Phi) is 5.28. The topological polar surface area (TPSA) is 59.4 Å². The van der Waals surface area contributed by atoms with Crippen molar-refractivity contribution in [3.05, 3.63) is 29.6 Å². The molecule has 0 amide bonds. The molecular weight excluding hydrogens is 226 g/mol. The standard InChI is InChI=1S/C11H15NO3S/c1-8(6-13)16-7-10-4-3-9(5-12-10)11(14)15-2/h3-5,8,13H,6-7H2,1-2H3. The number of esters is 1. The average molecular weight is 241 g/mol. The zero-order valence-electron chi connectivity index (χ0n) is 9.34. The van der Waals surface area contributed by atoms with Gasteiger partial charge in [-0.2, -0.15) is 11.8 Å². The molecule has 0 aliphatic heterocycles. The molecule has 0 saturated carbocycles. The van der Waals surface area contributed by atoms with Gasteiger partial charge < -0.3 is 9.84 Å². The van der Waals surface area contributed by atoms with Gasteiger partial charge in [0.1, 0.15) is 0 Å². The molecule has 0 radical (unpaired) electrons. The fraction of sp³-hybridized carbons (Fsp3) is 0.455. The van der Waals surface area contributed by atoms with Crippen LogP contribution in [0.15, 0.2) is 18.3 Å². The van der Waals surface area contributed by atoms with Gasteiger partial charge in [-0.1, -0.05) is 6.92 Å². The van der Waals surface area contributed by atoms with Crippen LogP contribution in [0.2, 0.25) is 0 Å². The van der Waals surface area contributed by atoms with Gasteiger partial charge in [-0.15, -0.1) is 0 Å². The molecule has 0 aromatic carbocycles. The fourth-order valence-electron chi connectivity index (χ4n) is 1.03. The Morgan fingerprint density at radius 1 is 1.62 bits per heavy atom. The molecule has 1 aromatic heterocycles. The molecule has 1 N–H and O–H groups in total. The summed E-state index contributed by atoms with van der Waals surface area (Å²) in [5, 5.41) is 9.06. The number of pyridine rings is 1. The van der Waals surface area contributed by atoms with Gasteiger partial charge in [-0.05, 0) is 12.1 Å². The molecule has 1 atom stereocenters. The van der Waals surface area contributed by atoms with Crippen LogP contribution in [0.3, 0.4) is 0 Å². The van der Waals surface area contributed by atoms with Crippen LogP contribution >= 0.6 is 11.8 Å². The zero-order chi connectivity index (χ0) is 12.0. The number of aromatic nitrogens is 1. The van der Waals surface area contributed by atoms with Crippen LogP contribution in [0.4, 0.5) is 0 Å². The second-order valence-corrected chi connectivity index (χ2v) is 4.76. The Balaban J connectivity index is 2.54. The number of carbonyl (C=O) groups excluding carboxylic acids is 1. The summed E-state index contributed by atoms with van der Waals surface area (Å²) in [4.78, 5) is 15.3. The van der Waals surface area contributed by atoms with E-state index in [9.17, 15) is 4.79 Å². The number of aliphatic hydroxyl groups is 1. The molecule has 5 heteroatoms. The molecule has 0 fully saturated rings. The number of hydrogen-bond donors (Lipinski definition) is 1. The quantitative estimate of drug-likeness (QED) is 0.791. The van der Waals surface area contributed by atoms with Crippen molar-refractivity contribution in [3.63, 3.8) is 0 Å². The summed E-state index contributed by atoms with van der Waals surface area (Å²) in [6.07, 6.45) is 1.51. The first kappa shape index (κ1) is 13.0. The minimum Gasteiger partial charge on any atom is -0.465 e. The third-order valence-corrected chi connectivity index (χ3v) is 3.20. The van der Waals surface area contributed by atoms with E-state index in [-0.39, 0.29) is 17.8 Å². The predicted molar refractivity (Wildman–Crippen MR) is 63.4 cm³/mol. The normalized spacial score (nSPS) is 12.2. The number of rotatable bonds is 5. The van der Waals surface area contributed by atoms with E-state index in [0.717, 1.165) is 11.4 Å². The summed E-state index contributed by atoms with van der Waals surface area (Å²) in [5.74, 6) is 0.346. The summed E-state index contributed by atoms with van der Waals surface area (Å²) in [6.45, 7) is 2.11. The van der Waals surface area contributed by atoms with Crippen molar-refractivity contribution in [2.45, 2.75) is 17.9 Å². The molecule has 0 aliphatic carbocycles. The first-order chi connectivity index (χ1) is 7.67. The Labute approximate surface area is 99.0 Å². The van der Waals surface area contributed by atoms with Crippen molar-refractivity contribution < 1.29 is 14.6 Å². The summed E-state index contributed by atoms with van der Waals surface area (Å²) in [5.41, 5.74) is 1.34. The number of thioether (sulfide) groups is 1. The van der Waals surface area contributed by atoms with E-state index in [1.54, 1.807) is 23.9 Å².